The van der Waals surface area contributed by atoms with Crippen molar-refractivity contribution in [2.45, 2.75) is 39.2 Å². The van der Waals surface area contributed by atoms with Gasteiger partial charge in [0.1, 0.15) is 12.9 Å². The first kappa shape index (κ1) is 21.7. The smallest absolute Gasteiger partial charge is 0.336 e. The van der Waals surface area contributed by atoms with Crippen LogP contribution >= 0.6 is 0 Å². The van der Waals surface area contributed by atoms with Gasteiger partial charge in [0.2, 0.25) is 5.91 Å². The van der Waals surface area contributed by atoms with Crippen molar-refractivity contribution in [3.05, 3.63) is 41.0 Å². The number of aliphatic hydroxyl groups is 1. The van der Waals surface area contributed by atoms with Crippen molar-refractivity contribution >= 4 is 11.9 Å². The average Bonchev–Trinajstić information content (AvgIpc) is 3.53. The summed E-state index contributed by atoms with van der Waals surface area (Å²) in [6.07, 6.45) is 3.06. The number of β-amino-alcohol motifs (C(OH)–C–C–N with tert-alkyl or cyclic N) is 1. The molecule has 33 heavy (non-hydrogen) atoms. The first-order valence-corrected chi connectivity index (χ1v) is 11.2. The van der Waals surface area contributed by atoms with Gasteiger partial charge in [0.05, 0.1) is 22.8 Å². The van der Waals surface area contributed by atoms with Gasteiger partial charge in [0.25, 0.3) is 0 Å². The third-order valence-electron chi connectivity index (χ3n) is 7.22. The molecule has 0 radical (unpaired) electrons. The number of ether oxygens (including phenoxy) is 1. The lowest BCUT2D eigenvalue weighted by molar-refractivity contribution is -0.138. The predicted octanol–water partition coefficient (Wildman–Crippen LogP) is 0.544. The van der Waals surface area contributed by atoms with Gasteiger partial charge in [0.15, 0.2) is 5.82 Å². The van der Waals surface area contributed by atoms with Gasteiger partial charge in [-0.15, -0.1) is 5.10 Å². The quantitative estimate of drug-likeness (QED) is 0.646. The molecule has 3 aliphatic rings. The Bertz CT molecular complexity index is 1110. The highest BCUT2D eigenvalue weighted by molar-refractivity contribution is 5.94. The fourth-order valence-corrected chi connectivity index (χ4v) is 5.10. The molecule has 0 saturated carbocycles. The molecule has 0 bridgehead atoms. The van der Waals surface area contributed by atoms with E-state index in [-0.39, 0.29) is 23.9 Å². The standard InChI is InChI=1S/C22H27N7O4/c1-14-17(12-33-20(14)31)28-10-7-22(21(28)32)5-8-27(9-6-22)11-18(30)16-3-4-19(24-15(16)2)29-13-23-25-26-29/h3-4,13,18,30H,5-12H2,1-2H3/t18-/m1/s1. The van der Waals surface area contributed by atoms with Crippen LogP contribution in [0.4, 0.5) is 0 Å². The summed E-state index contributed by atoms with van der Waals surface area (Å²) in [7, 11) is 0. The van der Waals surface area contributed by atoms with E-state index < -0.39 is 6.10 Å². The minimum Gasteiger partial charge on any atom is -0.456 e. The van der Waals surface area contributed by atoms with Crippen LogP contribution in [0.3, 0.4) is 0 Å². The van der Waals surface area contributed by atoms with E-state index in [9.17, 15) is 14.7 Å². The molecule has 1 spiro atoms. The summed E-state index contributed by atoms with van der Waals surface area (Å²) in [6.45, 7) is 6.34. The number of cyclic esters (lactones) is 1. The Hall–Kier alpha value is -3.18. The molecule has 2 aromatic rings. The van der Waals surface area contributed by atoms with Gasteiger partial charge in [-0.25, -0.2) is 9.78 Å². The summed E-state index contributed by atoms with van der Waals surface area (Å²) in [5.41, 5.74) is 2.36. The van der Waals surface area contributed by atoms with Gasteiger partial charge >= 0.3 is 5.97 Å². The van der Waals surface area contributed by atoms with Crippen LogP contribution in [0.15, 0.2) is 29.7 Å². The van der Waals surface area contributed by atoms with Crippen LogP contribution in [0.2, 0.25) is 0 Å². The van der Waals surface area contributed by atoms with E-state index in [1.54, 1.807) is 17.9 Å². The van der Waals surface area contributed by atoms with Crippen molar-refractivity contribution in [3.8, 4) is 5.82 Å². The number of nitrogens with zero attached hydrogens (tertiary/aromatic N) is 7. The second kappa shape index (κ2) is 8.31. The largest absolute Gasteiger partial charge is 0.456 e. The SMILES string of the molecule is CC1=C(N2CCC3(CCN(C[C@@H](O)c4ccc(-n5cnnn5)nc4C)CC3)C2=O)COC1=O. The minimum absolute atomic E-state index is 0.105. The van der Waals surface area contributed by atoms with Crippen molar-refractivity contribution in [2.24, 2.45) is 5.41 Å². The van der Waals surface area contributed by atoms with Crippen molar-refractivity contribution in [2.75, 3.05) is 32.8 Å². The molecule has 11 nitrogen and oxygen atoms in total. The molecule has 1 atom stereocenters. The normalized spacial score (nSPS) is 21.8. The van der Waals surface area contributed by atoms with Crippen molar-refractivity contribution in [1.29, 1.82) is 0 Å². The fraction of sp³-hybridized carbons (Fsp3) is 0.545. The van der Waals surface area contributed by atoms with Crippen LogP contribution in [0.1, 0.15) is 43.5 Å². The molecule has 5 rings (SSSR count). The molecule has 2 saturated heterocycles. The molecule has 0 aliphatic carbocycles. The first-order chi connectivity index (χ1) is 15.9. The Balaban J connectivity index is 1.21. The molecule has 3 aliphatic heterocycles. The van der Waals surface area contributed by atoms with E-state index in [1.165, 1.54) is 11.0 Å². The number of tetrazole rings is 1. The third kappa shape index (κ3) is 3.80. The van der Waals surface area contributed by atoms with Gasteiger partial charge < -0.3 is 19.6 Å². The number of amides is 1. The zero-order valence-electron chi connectivity index (χ0n) is 18.8. The molecule has 2 aromatic heterocycles. The van der Waals surface area contributed by atoms with E-state index in [0.29, 0.717) is 30.2 Å². The summed E-state index contributed by atoms with van der Waals surface area (Å²) < 4.78 is 6.57. The summed E-state index contributed by atoms with van der Waals surface area (Å²) >= 11 is 0. The van der Waals surface area contributed by atoms with Crippen LogP contribution in [0.25, 0.3) is 5.82 Å². The van der Waals surface area contributed by atoms with E-state index in [4.69, 9.17) is 4.74 Å². The van der Waals surface area contributed by atoms with E-state index in [1.807, 2.05) is 13.0 Å². The van der Waals surface area contributed by atoms with Crippen molar-refractivity contribution in [3.63, 3.8) is 0 Å². The molecule has 2 fully saturated rings. The molecular weight excluding hydrogens is 426 g/mol. The Morgan fingerprint density at radius 2 is 1.91 bits per heavy atom. The fourth-order valence-electron chi connectivity index (χ4n) is 5.10. The lowest BCUT2D eigenvalue weighted by Gasteiger charge is -2.38. The maximum Gasteiger partial charge on any atom is 0.336 e. The third-order valence-corrected chi connectivity index (χ3v) is 7.22. The van der Waals surface area contributed by atoms with Crippen LogP contribution < -0.4 is 0 Å². The van der Waals surface area contributed by atoms with Gasteiger partial charge in [-0.1, -0.05) is 6.07 Å². The highest BCUT2D eigenvalue weighted by atomic mass is 16.5. The molecule has 1 amide bonds. The van der Waals surface area contributed by atoms with Gasteiger partial charge in [-0.05, 0) is 62.7 Å². The van der Waals surface area contributed by atoms with Crippen LogP contribution in [-0.2, 0) is 14.3 Å². The second-order valence-electron chi connectivity index (χ2n) is 9.05. The topological polar surface area (TPSA) is 127 Å². The Labute approximate surface area is 191 Å². The van der Waals surface area contributed by atoms with E-state index in [0.717, 1.165) is 43.6 Å². The molecular formula is C22H27N7O4. The van der Waals surface area contributed by atoms with E-state index >= 15 is 0 Å². The van der Waals surface area contributed by atoms with E-state index in [2.05, 4.69) is 25.4 Å². The number of hydrogen-bond acceptors (Lipinski definition) is 9. The molecule has 0 aromatic carbocycles. The summed E-state index contributed by atoms with van der Waals surface area (Å²) in [4.78, 5) is 33.5. The maximum absolute atomic E-state index is 13.3. The Kier molecular flexibility index (Phi) is 5.45. The van der Waals surface area contributed by atoms with Crippen LogP contribution in [0.5, 0.6) is 0 Å². The van der Waals surface area contributed by atoms with Crippen LogP contribution in [-0.4, -0.2) is 84.8 Å². The predicted molar refractivity (Wildman–Crippen MR) is 115 cm³/mol. The molecule has 174 valence electrons. The number of likely N-dealkylation sites (tertiary alicyclic amines) is 2. The molecule has 1 N–H and O–H groups in total. The number of rotatable bonds is 5. The number of pyridine rings is 1. The van der Waals surface area contributed by atoms with Crippen LogP contribution in [0, 0.1) is 12.3 Å². The number of carbonyl (C=O) groups is 2. The highest BCUT2D eigenvalue weighted by Crippen LogP contribution is 2.44. The first-order valence-electron chi connectivity index (χ1n) is 11.2. The Morgan fingerprint density at radius 1 is 1.15 bits per heavy atom. The maximum atomic E-state index is 13.3. The Morgan fingerprint density at radius 3 is 2.55 bits per heavy atom. The zero-order valence-corrected chi connectivity index (χ0v) is 18.8. The lowest BCUT2D eigenvalue weighted by atomic mass is 9.77. The average molecular weight is 454 g/mol. The van der Waals surface area contributed by atoms with Gasteiger partial charge in [-0.2, -0.15) is 4.68 Å². The lowest BCUT2D eigenvalue weighted by Crippen LogP contribution is -2.45. The number of hydrogen-bond donors (Lipinski definition) is 1. The molecule has 0 unspecified atom stereocenters. The number of aliphatic hydroxyl groups excluding tert-OH is 1. The molecule has 5 heterocycles. The summed E-state index contributed by atoms with van der Waals surface area (Å²) in [6, 6.07) is 3.64. The monoisotopic (exact) mass is 453 g/mol. The van der Waals surface area contributed by atoms with Crippen molar-refractivity contribution in [1.82, 2.24) is 35.0 Å². The number of aryl methyl sites for hydroxylation is 1. The number of esters is 1. The van der Waals surface area contributed by atoms with Crippen molar-refractivity contribution < 1.29 is 19.4 Å². The molecule has 11 heteroatoms. The minimum atomic E-state index is -0.681. The number of carbonyl (C=O) groups excluding carboxylic acids is 2. The van der Waals surface area contributed by atoms with Gasteiger partial charge in [0, 0.05) is 24.3 Å². The zero-order chi connectivity index (χ0) is 23.2. The highest BCUT2D eigenvalue weighted by Gasteiger charge is 2.50. The van der Waals surface area contributed by atoms with Gasteiger partial charge in [-0.3, -0.25) is 4.79 Å². The second-order valence-corrected chi connectivity index (χ2v) is 9.05. The summed E-state index contributed by atoms with van der Waals surface area (Å²) in [5, 5.41) is 21.9. The number of piperidine rings is 1. The number of aromatic nitrogens is 5. The summed E-state index contributed by atoms with van der Waals surface area (Å²) in [5.74, 6) is 0.365.